The van der Waals surface area contributed by atoms with Crippen LogP contribution in [0.3, 0.4) is 0 Å². The number of allylic oxidation sites excluding steroid dienone is 1. The van der Waals surface area contributed by atoms with Crippen LogP contribution >= 0.6 is 23.5 Å². The summed E-state index contributed by atoms with van der Waals surface area (Å²) in [6.07, 6.45) is -0.769. The number of methoxy groups -OCH3 is 1. The van der Waals surface area contributed by atoms with E-state index in [9.17, 15) is 38.4 Å². The Kier molecular flexibility index (Phi) is 11.3. The lowest BCUT2D eigenvalue weighted by Crippen LogP contribution is -2.71. The predicted molar refractivity (Wildman–Crippen MR) is 197 cm³/mol. The highest BCUT2D eigenvalue weighted by Gasteiger charge is 2.55. The van der Waals surface area contributed by atoms with Crippen LogP contribution in [-0.4, -0.2) is 98.4 Å². The van der Waals surface area contributed by atoms with Crippen molar-refractivity contribution < 1.29 is 43.1 Å². The third-order valence-corrected chi connectivity index (χ3v) is 12.2. The van der Waals surface area contributed by atoms with Gasteiger partial charge in [0.25, 0.3) is 11.8 Å². The van der Waals surface area contributed by atoms with Gasteiger partial charge < -0.3 is 26.0 Å². The van der Waals surface area contributed by atoms with Gasteiger partial charge in [-0.1, -0.05) is 60.7 Å². The monoisotopic (exact) mass is 774 g/mol. The minimum Gasteiger partial charge on any atom is -0.464 e. The maximum absolute atomic E-state index is 13.7. The van der Waals surface area contributed by atoms with Gasteiger partial charge in [0.05, 0.1) is 12.8 Å². The first-order valence-corrected chi connectivity index (χ1v) is 19.1. The summed E-state index contributed by atoms with van der Waals surface area (Å²) in [4.78, 5) is 108. The molecule has 15 nitrogen and oxygen atoms in total. The Morgan fingerprint density at radius 1 is 0.704 bits per heavy atom. The third kappa shape index (κ3) is 7.37. The number of benzene rings is 2. The molecule has 0 saturated carbocycles. The Morgan fingerprint density at radius 2 is 1.11 bits per heavy atom. The van der Waals surface area contributed by atoms with E-state index in [-0.39, 0.29) is 11.5 Å². The Morgan fingerprint density at radius 3 is 1.52 bits per heavy atom. The number of carbonyl (C=O) groups excluding carboxylic acids is 8. The molecule has 6 rings (SSSR count). The molecule has 2 aromatic carbocycles. The van der Waals surface area contributed by atoms with Gasteiger partial charge in [-0.2, -0.15) is 0 Å². The number of thioether (sulfide) groups is 2. The summed E-state index contributed by atoms with van der Waals surface area (Å²) in [7, 11) is 1.22. The minimum atomic E-state index is -1.30. The molecule has 2 unspecified atom stereocenters. The molecule has 4 aliphatic rings. The number of ketones is 1. The van der Waals surface area contributed by atoms with E-state index in [1.54, 1.807) is 74.5 Å². The zero-order valence-corrected chi connectivity index (χ0v) is 31.4. The topological polar surface area (TPSA) is 200 Å². The van der Waals surface area contributed by atoms with E-state index in [4.69, 9.17) is 4.74 Å². The van der Waals surface area contributed by atoms with Crippen LogP contribution in [0.25, 0.3) is 0 Å². The lowest BCUT2D eigenvalue weighted by atomic mass is 10.00. The van der Waals surface area contributed by atoms with Crippen molar-refractivity contribution in [3.05, 3.63) is 94.3 Å². The van der Waals surface area contributed by atoms with E-state index in [1.807, 2.05) is 0 Å². The number of hydrogen-bond donors (Lipinski definition) is 4. The number of ether oxygens (including phenoxy) is 1. The van der Waals surface area contributed by atoms with Gasteiger partial charge in [0.15, 0.2) is 5.78 Å². The second-order valence-electron chi connectivity index (χ2n) is 13.1. The summed E-state index contributed by atoms with van der Waals surface area (Å²) in [5.41, 5.74) is 2.68. The lowest BCUT2D eigenvalue weighted by molar-refractivity contribution is -0.152. The fraction of sp³-hybridized carbons (Fsp3) is 0.351. The molecule has 2 aromatic rings. The fourth-order valence-corrected chi connectivity index (χ4v) is 9.34. The van der Waals surface area contributed by atoms with Crippen LogP contribution in [0.2, 0.25) is 0 Å². The van der Waals surface area contributed by atoms with E-state index in [2.05, 4.69) is 21.3 Å². The SMILES string of the molecule is COC(=O)C1=C(C)CSC2[C@H](NC(=O)[C@@H](NC(=O)CC(=O)N[C@@H](C(=O)N[C@H]3C(=O)N4C(C(C)=O)=C(C)CSC34)c3ccccc3)c3ccccc3)C(=O)N12. The number of fused-ring (bicyclic) bond motifs is 2. The number of hydrogen-bond acceptors (Lipinski definition) is 11. The number of rotatable bonds is 12. The Labute approximate surface area is 319 Å². The largest absolute Gasteiger partial charge is 0.464 e. The standard InChI is InChI=1S/C37H38N6O9S2/c1-18-16-53-35-27(33(49)42(35)29(18)20(3)44)40-31(47)25(21-11-7-5-8-12-21)38-23(45)15-24(46)39-26(22-13-9-6-10-14-22)32(48)41-28-34(50)43-30(37(51)52-4)19(2)17-54-36(28)43/h5-14,25-28,35-36H,15-17H2,1-4H3,(H,38,45)(H,39,46)(H,40,47)(H,41,48)/t25-,26+,27+,28-,35?,36?/m1/s1. The van der Waals surface area contributed by atoms with Crippen LogP contribution < -0.4 is 21.3 Å². The highest BCUT2D eigenvalue weighted by Crippen LogP contribution is 2.42. The second-order valence-corrected chi connectivity index (χ2v) is 15.3. The zero-order valence-electron chi connectivity index (χ0n) is 29.7. The molecular formula is C37H38N6O9S2. The Balaban J connectivity index is 1.12. The number of nitrogens with zero attached hydrogens (tertiary/aromatic N) is 2. The van der Waals surface area contributed by atoms with E-state index >= 15 is 0 Å². The highest BCUT2D eigenvalue weighted by molar-refractivity contribution is 8.00. The van der Waals surface area contributed by atoms with Gasteiger partial charge in [0.2, 0.25) is 23.6 Å². The van der Waals surface area contributed by atoms with E-state index in [0.717, 1.165) is 5.57 Å². The number of β-lactam (4-membered cyclic amide) rings is 2. The average Bonchev–Trinajstić information content (AvgIpc) is 3.16. The molecular weight excluding hydrogens is 737 g/mol. The molecule has 4 heterocycles. The predicted octanol–water partition coefficient (Wildman–Crippen LogP) is 1.20. The van der Waals surface area contributed by atoms with Gasteiger partial charge in [-0.05, 0) is 36.1 Å². The molecule has 0 aromatic heterocycles. The van der Waals surface area contributed by atoms with Crippen LogP contribution in [0.5, 0.6) is 0 Å². The molecule has 282 valence electrons. The van der Waals surface area contributed by atoms with Crippen molar-refractivity contribution in [2.45, 2.75) is 62.1 Å². The van der Waals surface area contributed by atoms with E-state index in [0.29, 0.717) is 33.9 Å². The number of esters is 1. The molecule has 4 aliphatic heterocycles. The quantitative estimate of drug-likeness (QED) is 0.137. The van der Waals surface area contributed by atoms with Gasteiger partial charge in [-0.15, -0.1) is 23.5 Å². The molecule has 0 aliphatic carbocycles. The van der Waals surface area contributed by atoms with Crippen molar-refractivity contribution in [1.29, 1.82) is 0 Å². The maximum atomic E-state index is 13.7. The average molecular weight is 775 g/mol. The second kappa shape index (κ2) is 15.9. The van der Waals surface area contributed by atoms with Crippen molar-refractivity contribution in [1.82, 2.24) is 31.1 Å². The molecule has 17 heteroatoms. The number of amides is 6. The normalized spacial score (nSPS) is 22.7. The first-order chi connectivity index (χ1) is 25.8. The molecule has 6 amide bonds. The van der Waals surface area contributed by atoms with Crippen molar-refractivity contribution in [2.24, 2.45) is 0 Å². The Hall–Kier alpha value is -5.42. The van der Waals surface area contributed by atoms with Gasteiger partial charge in [-0.3, -0.25) is 43.4 Å². The van der Waals surface area contributed by atoms with Gasteiger partial charge >= 0.3 is 5.97 Å². The van der Waals surface area contributed by atoms with Gasteiger partial charge in [0, 0.05) is 18.4 Å². The summed E-state index contributed by atoms with van der Waals surface area (Å²) in [6.45, 7) is 4.89. The van der Waals surface area contributed by atoms with Crippen molar-refractivity contribution in [3.63, 3.8) is 0 Å². The minimum absolute atomic E-state index is 0.140. The van der Waals surface area contributed by atoms with Gasteiger partial charge in [-0.25, -0.2) is 4.79 Å². The molecule has 0 bridgehead atoms. The third-order valence-electron chi connectivity index (χ3n) is 9.35. The van der Waals surface area contributed by atoms with Crippen molar-refractivity contribution >= 4 is 70.7 Å². The fourth-order valence-electron chi connectivity index (χ4n) is 6.75. The summed E-state index contributed by atoms with van der Waals surface area (Å²) < 4.78 is 4.86. The molecule has 2 saturated heterocycles. The number of Topliss-reactive ketones (excluding diaryl/α,β-unsaturated/α-hetero) is 1. The number of nitrogens with one attached hydrogen (secondary N) is 4. The maximum Gasteiger partial charge on any atom is 0.354 e. The molecule has 4 N–H and O–H groups in total. The highest BCUT2D eigenvalue weighted by atomic mass is 32.2. The first-order valence-electron chi connectivity index (χ1n) is 17.0. The van der Waals surface area contributed by atoms with E-state index < -0.39 is 82.7 Å². The van der Waals surface area contributed by atoms with Crippen molar-refractivity contribution in [2.75, 3.05) is 18.6 Å². The zero-order chi connectivity index (χ0) is 38.8. The molecule has 54 heavy (non-hydrogen) atoms. The molecule has 2 fully saturated rings. The summed E-state index contributed by atoms with van der Waals surface area (Å²) in [5.74, 6) is -3.98. The number of carbonyl (C=O) groups is 8. The molecule has 0 spiro atoms. The molecule has 6 atom stereocenters. The van der Waals surface area contributed by atoms with Crippen LogP contribution in [0.15, 0.2) is 83.2 Å². The van der Waals surface area contributed by atoms with Crippen LogP contribution in [0.4, 0.5) is 0 Å². The van der Waals surface area contributed by atoms with Crippen LogP contribution in [-0.2, 0) is 43.1 Å². The Bertz CT molecular complexity index is 1990. The van der Waals surface area contributed by atoms with E-state index in [1.165, 1.54) is 47.4 Å². The summed E-state index contributed by atoms with van der Waals surface area (Å²) >= 11 is 2.78. The van der Waals surface area contributed by atoms with Crippen molar-refractivity contribution in [3.8, 4) is 0 Å². The smallest absolute Gasteiger partial charge is 0.354 e. The summed E-state index contributed by atoms with van der Waals surface area (Å²) in [6, 6.07) is 12.1. The lowest BCUT2D eigenvalue weighted by Gasteiger charge is -2.50. The molecule has 0 radical (unpaired) electrons. The van der Waals surface area contributed by atoms with Crippen LogP contribution in [0.1, 0.15) is 50.4 Å². The van der Waals surface area contributed by atoms with Crippen LogP contribution in [0, 0.1) is 0 Å². The van der Waals surface area contributed by atoms with Gasteiger partial charge in [0.1, 0.15) is 47.0 Å². The first kappa shape index (κ1) is 38.3. The summed E-state index contributed by atoms with van der Waals surface area (Å²) in [5, 5.41) is 9.53.